The molecule has 3 rings (SSSR count). The minimum absolute atomic E-state index is 0.195. The molecular weight excluding hydrogens is 280 g/mol. The first-order chi connectivity index (χ1) is 9.63. The van der Waals surface area contributed by atoms with E-state index in [0.29, 0.717) is 18.2 Å². The number of hydrogen-bond acceptors (Lipinski definition) is 2. The monoisotopic (exact) mass is 297 g/mol. The lowest BCUT2D eigenvalue weighted by atomic mass is 10.3. The van der Waals surface area contributed by atoms with E-state index in [-0.39, 0.29) is 4.77 Å². The molecule has 1 aliphatic rings. The number of alkyl halides is 2. The van der Waals surface area contributed by atoms with Crippen molar-refractivity contribution in [3.63, 3.8) is 0 Å². The Kier molecular flexibility index (Phi) is 3.60. The first-order valence-corrected chi connectivity index (χ1v) is 7.26. The summed E-state index contributed by atoms with van der Waals surface area (Å²) in [7, 11) is 0. The molecule has 3 nitrogen and oxygen atoms in total. The molecule has 1 aliphatic carbocycles. The van der Waals surface area contributed by atoms with Crippen LogP contribution in [0.25, 0.3) is 11.0 Å². The molecule has 0 amide bonds. The first-order valence-electron chi connectivity index (χ1n) is 6.85. The van der Waals surface area contributed by atoms with Gasteiger partial charge in [-0.05, 0) is 43.7 Å². The van der Waals surface area contributed by atoms with Gasteiger partial charge in [0, 0.05) is 6.04 Å². The lowest BCUT2D eigenvalue weighted by Gasteiger charge is -2.20. The van der Waals surface area contributed by atoms with E-state index in [1.807, 2.05) is 16.7 Å². The number of rotatable bonds is 5. The van der Waals surface area contributed by atoms with Crippen molar-refractivity contribution in [2.75, 3.05) is 6.54 Å². The van der Waals surface area contributed by atoms with Gasteiger partial charge in [-0.3, -0.25) is 9.47 Å². The van der Waals surface area contributed by atoms with Gasteiger partial charge >= 0.3 is 6.55 Å². The average molecular weight is 297 g/mol. The fourth-order valence-electron chi connectivity index (χ4n) is 2.65. The summed E-state index contributed by atoms with van der Waals surface area (Å²) in [4.78, 5) is 2.29. The standard InChI is InChI=1S/C14H17F2N3S/c1-2-17(10-7-8-10)9-18-11-5-3-4-6-12(11)19(13(15)16)14(18)20/h3-6,10,13H,2,7-9H2,1H3. The number of imidazole rings is 1. The third kappa shape index (κ3) is 2.27. The van der Waals surface area contributed by atoms with Crippen LogP contribution in [0.2, 0.25) is 0 Å². The zero-order valence-electron chi connectivity index (χ0n) is 11.3. The van der Waals surface area contributed by atoms with Crippen molar-refractivity contribution < 1.29 is 8.78 Å². The van der Waals surface area contributed by atoms with Crippen molar-refractivity contribution in [2.45, 2.75) is 39.0 Å². The van der Waals surface area contributed by atoms with Crippen LogP contribution in [-0.4, -0.2) is 26.6 Å². The molecule has 1 heterocycles. The summed E-state index contributed by atoms with van der Waals surface area (Å²) in [6.45, 7) is 0.972. The van der Waals surface area contributed by atoms with Crippen molar-refractivity contribution in [3.05, 3.63) is 29.0 Å². The van der Waals surface area contributed by atoms with Crippen molar-refractivity contribution >= 4 is 23.3 Å². The number of benzene rings is 1. The van der Waals surface area contributed by atoms with E-state index in [1.165, 1.54) is 12.8 Å². The molecule has 0 unspecified atom stereocenters. The number of fused-ring (bicyclic) bond motifs is 1. The van der Waals surface area contributed by atoms with Crippen LogP contribution >= 0.6 is 12.2 Å². The van der Waals surface area contributed by atoms with Crippen molar-refractivity contribution in [3.8, 4) is 0 Å². The van der Waals surface area contributed by atoms with E-state index in [4.69, 9.17) is 12.2 Å². The molecule has 2 aromatic rings. The minimum Gasteiger partial charge on any atom is -0.303 e. The second-order valence-electron chi connectivity index (χ2n) is 5.12. The Bertz CT molecular complexity index is 673. The maximum Gasteiger partial charge on any atom is 0.321 e. The van der Waals surface area contributed by atoms with Gasteiger partial charge in [0.15, 0.2) is 4.77 Å². The molecule has 1 aromatic carbocycles. The molecule has 108 valence electrons. The third-order valence-electron chi connectivity index (χ3n) is 3.86. The summed E-state index contributed by atoms with van der Waals surface area (Å²) >= 11 is 5.26. The predicted molar refractivity (Wildman–Crippen MR) is 77.4 cm³/mol. The first kappa shape index (κ1) is 13.7. The van der Waals surface area contributed by atoms with E-state index in [2.05, 4.69) is 11.8 Å². The Morgan fingerprint density at radius 2 is 1.95 bits per heavy atom. The summed E-state index contributed by atoms with van der Waals surface area (Å²) in [6, 6.07) is 7.75. The fourth-order valence-corrected chi connectivity index (χ4v) is 2.99. The molecule has 1 saturated carbocycles. The van der Waals surface area contributed by atoms with Crippen molar-refractivity contribution in [1.29, 1.82) is 0 Å². The molecule has 0 bridgehead atoms. The van der Waals surface area contributed by atoms with Crippen molar-refractivity contribution in [2.24, 2.45) is 0 Å². The van der Waals surface area contributed by atoms with Crippen LogP contribution in [-0.2, 0) is 6.67 Å². The molecule has 20 heavy (non-hydrogen) atoms. The van der Waals surface area contributed by atoms with Gasteiger partial charge in [-0.25, -0.2) is 0 Å². The quantitative estimate of drug-likeness (QED) is 0.774. The van der Waals surface area contributed by atoms with Crippen LogP contribution in [0.4, 0.5) is 8.78 Å². The largest absolute Gasteiger partial charge is 0.321 e. The van der Waals surface area contributed by atoms with E-state index >= 15 is 0 Å². The number of hydrogen-bond donors (Lipinski definition) is 0. The number of halogens is 2. The minimum atomic E-state index is -2.61. The van der Waals surface area contributed by atoms with Crippen LogP contribution in [0.5, 0.6) is 0 Å². The maximum absolute atomic E-state index is 13.2. The van der Waals surface area contributed by atoms with E-state index in [1.54, 1.807) is 12.1 Å². The zero-order chi connectivity index (χ0) is 14.3. The lowest BCUT2D eigenvalue weighted by molar-refractivity contribution is 0.0715. The molecule has 0 atom stereocenters. The Hall–Kier alpha value is -1.27. The SMILES string of the molecule is CCN(Cn1c(=S)n(C(F)F)c2ccccc21)C1CC1. The van der Waals surface area contributed by atoms with Crippen LogP contribution in [0.3, 0.4) is 0 Å². The Morgan fingerprint density at radius 1 is 1.30 bits per heavy atom. The maximum atomic E-state index is 13.2. The molecule has 0 spiro atoms. The van der Waals surface area contributed by atoms with Gasteiger partial charge in [0.05, 0.1) is 17.7 Å². The highest BCUT2D eigenvalue weighted by Crippen LogP contribution is 2.29. The number of para-hydroxylation sites is 2. The van der Waals surface area contributed by atoms with Crippen LogP contribution in [0.15, 0.2) is 24.3 Å². The molecule has 6 heteroatoms. The second-order valence-corrected chi connectivity index (χ2v) is 5.49. The van der Waals surface area contributed by atoms with Gasteiger partial charge in [0.2, 0.25) is 0 Å². The molecule has 0 saturated heterocycles. The third-order valence-corrected chi connectivity index (χ3v) is 4.27. The normalized spacial score (nSPS) is 15.7. The molecular formula is C14H17F2N3S. The highest BCUT2D eigenvalue weighted by molar-refractivity contribution is 7.71. The molecule has 0 N–H and O–H groups in total. The van der Waals surface area contributed by atoms with Gasteiger partial charge in [-0.2, -0.15) is 8.78 Å². The average Bonchev–Trinajstić information content (AvgIpc) is 3.21. The molecule has 0 radical (unpaired) electrons. The van der Waals surface area contributed by atoms with Gasteiger partial charge < -0.3 is 4.57 Å². The van der Waals surface area contributed by atoms with Crippen LogP contribution in [0, 0.1) is 4.77 Å². The van der Waals surface area contributed by atoms with Gasteiger partial charge in [0.1, 0.15) is 0 Å². The summed E-state index contributed by atoms with van der Waals surface area (Å²) in [5.74, 6) is 0. The Labute approximate surface area is 121 Å². The van der Waals surface area contributed by atoms with Gasteiger partial charge in [-0.1, -0.05) is 19.1 Å². The zero-order valence-corrected chi connectivity index (χ0v) is 12.1. The van der Waals surface area contributed by atoms with Crippen molar-refractivity contribution in [1.82, 2.24) is 14.0 Å². The summed E-state index contributed by atoms with van der Waals surface area (Å²) < 4.78 is 29.4. The Morgan fingerprint density at radius 3 is 2.50 bits per heavy atom. The van der Waals surface area contributed by atoms with Crippen LogP contribution < -0.4 is 0 Å². The lowest BCUT2D eigenvalue weighted by Crippen LogP contribution is -2.28. The van der Waals surface area contributed by atoms with E-state index in [9.17, 15) is 8.78 Å². The summed E-state index contributed by atoms with van der Waals surface area (Å²) in [6.07, 6.45) is 2.38. The number of aromatic nitrogens is 2. The Balaban J connectivity index is 2.10. The number of nitrogens with zero attached hydrogens (tertiary/aromatic N) is 3. The fraction of sp³-hybridized carbons (Fsp3) is 0.500. The highest BCUT2D eigenvalue weighted by atomic mass is 32.1. The summed E-state index contributed by atoms with van der Waals surface area (Å²) in [5, 5.41) is 0. The predicted octanol–water partition coefficient (Wildman–Crippen LogP) is 4.01. The topological polar surface area (TPSA) is 13.1 Å². The highest BCUT2D eigenvalue weighted by Gasteiger charge is 2.28. The second kappa shape index (κ2) is 5.26. The smallest absolute Gasteiger partial charge is 0.303 e. The van der Waals surface area contributed by atoms with Gasteiger partial charge in [-0.15, -0.1) is 0 Å². The molecule has 1 aromatic heterocycles. The molecule has 1 fully saturated rings. The van der Waals surface area contributed by atoms with E-state index < -0.39 is 6.55 Å². The molecule has 0 aliphatic heterocycles. The summed E-state index contributed by atoms with van der Waals surface area (Å²) in [5.41, 5.74) is 1.27. The van der Waals surface area contributed by atoms with E-state index in [0.717, 1.165) is 16.6 Å². The van der Waals surface area contributed by atoms with Gasteiger partial charge in [0.25, 0.3) is 0 Å². The van der Waals surface area contributed by atoms with Crippen LogP contribution in [0.1, 0.15) is 26.3 Å².